The van der Waals surface area contributed by atoms with Gasteiger partial charge in [0.05, 0.1) is 11.5 Å². The number of carbonyl (C=O) groups excluding carboxylic acids is 2. The smallest absolute Gasteiger partial charge is 0.416 e. The molecular formula is C24H29F3O4. The van der Waals surface area contributed by atoms with Crippen molar-refractivity contribution in [2.24, 2.45) is 17.8 Å². The summed E-state index contributed by atoms with van der Waals surface area (Å²) in [5.41, 5.74) is -0.765. The maximum atomic E-state index is 12.6. The summed E-state index contributed by atoms with van der Waals surface area (Å²) in [4.78, 5) is 24.0. The molecule has 0 N–H and O–H groups in total. The zero-order valence-electron chi connectivity index (χ0n) is 17.7. The number of rotatable bonds is 5. The van der Waals surface area contributed by atoms with Crippen LogP contribution in [0.25, 0.3) is 0 Å². The number of ether oxygens (including phenoxy) is 2. The Labute approximate surface area is 180 Å². The molecule has 7 heteroatoms. The van der Waals surface area contributed by atoms with Crippen molar-refractivity contribution in [3.05, 3.63) is 42.0 Å². The van der Waals surface area contributed by atoms with Crippen LogP contribution in [0.2, 0.25) is 0 Å². The number of alkyl halides is 3. The van der Waals surface area contributed by atoms with Crippen molar-refractivity contribution >= 4 is 11.9 Å². The Kier molecular flexibility index (Phi) is 7.79. The van der Waals surface area contributed by atoms with Gasteiger partial charge >= 0.3 is 18.1 Å². The molecule has 170 valence electrons. The van der Waals surface area contributed by atoms with Gasteiger partial charge in [0.15, 0.2) is 0 Å². The summed E-state index contributed by atoms with van der Waals surface area (Å²) >= 11 is 0. The number of benzene rings is 1. The lowest BCUT2D eigenvalue weighted by atomic mass is 9.70. The summed E-state index contributed by atoms with van der Waals surface area (Å²) in [7, 11) is 0. The van der Waals surface area contributed by atoms with Crippen molar-refractivity contribution in [2.75, 3.05) is 0 Å². The van der Waals surface area contributed by atoms with Crippen molar-refractivity contribution < 1.29 is 32.2 Å². The third-order valence-corrected chi connectivity index (χ3v) is 6.48. The molecule has 1 aromatic carbocycles. The Balaban J connectivity index is 1.41. The van der Waals surface area contributed by atoms with Gasteiger partial charge in [-0.3, -0.25) is 4.79 Å². The lowest BCUT2D eigenvalue weighted by Crippen LogP contribution is -2.31. The molecule has 0 saturated heterocycles. The molecule has 0 unspecified atom stereocenters. The number of hydrogen-bond donors (Lipinski definition) is 0. The topological polar surface area (TPSA) is 52.6 Å². The molecule has 0 aromatic heterocycles. The first-order valence-corrected chi connectivity index (χ1v) is 11.0. The average Bonchev–Trinajstić information content (AvgIpc) is 2.74. The molecule has 0 atom stereocenters. The minimum absolute atomic E-state index is 0.00463. The highest BCUT2D eigenvalue weighted by atomic mass is 19.4. The van der Waals surface area contributed by atoms with Crippen LogP contribution in [0.5, 0.6) is 5.75 Å². The van der Waals surface area contributed by atoms with Gasteiger partial charge in [-0.15, -0.1) is 0 Å². The predicted molar refractivity (Wildman–Crippen MR) is 109 cm³/mol. The third-order valence-electron chi connectivity index (χ3n) is 6.48. The summed E-state index contributed by atoms with van der Waals surface area (Å²) in [5, 5.41) is 0. The van der Waals surface area contributed by atoms with E-state index in [9.17, 15) is 22.8 Å². The monoisotopic (exact) mass is 438 g/mol. The van der Waals surface area contributed by atoms with E-state index in [1.54, 1.807) is 13.0 Å². The summed E-state index contributed by atoms with van der Waals surface area (Å²) < 4.78 is 48.7. The predicted octanol–water partition coefficient (Wildman–Crippen LogP) is 6.10. The molecule has 4 nitrogen and oxygen atoms in total. The zero-order chi connectivity index (χ0) is 22.4. The number of esters is 2. The first-order valence-electron chi connectivity index (χ1n) is 11.0. The standard InChI is InChI=1S/C24H29F3O4/c1-2-3-22(28)30-20-12-8-17(9-13-20)16-4-6-18(7-5-16)23(29)31-21-14-10-19(11-15-21)24(25,26)27/h2-3,10-11,14-18,20H,4-9,12-13H2,1H3/t16-,17-,18-,20-. The summed E-state index contributed by atoms with van der Waals surface area (Å²) in [6.07, 6.45) is 5.88. The van der Waals surface area contributed by atoms with Crippen molar-refractivity contribution in [2.45, 2.75) is 70.6 Å². The van der Waals surface area contributed by atoms with Crippen LogP contribution < -0.4 is 4.74 Å². The van der Waals surface area contributed by atoms with Gasteiger partial charge in [0.1, 0.15) is 11.9 Å². The highest BCUT2D eigenvalue weighted by Crippen LogP contribution is 2.41. The van der Waals surface area contributed by atoms with Crippen LogP contribution in [-0.4, -0.2) is 18.0 Å². The average molecular weight is 438 g/mol. The fraction of sp³-hybridized carbons (Fsp3) is 0.583. The lowest BCUT2D eigenvalue weighted by Gasteiger charge is -2.37. The van der Waals surface area contributed by atoms with Gasteiger partial charge in [-0.25, -0.2) is 4.79 Å². The van der Waals surface area contributed by atoms with E-state index in [1.165, 1.54) is 18.2 Å². The molecule has 0 amide bonds. The molecule has 2 aliphatic rings. The molecule has 1 aromatic rings. The van der Waals surface area contributed by atoms with Crippen molar-refractivity contribution in [1.82, 2.24) is 0 Å². The van der Waals surface area contributed by atoms with Gasteiger partial charge < -0.3 is 9.47 Å². The second-order valence-electron chi connectivity index (χ2n) is 8.53. The molecule has 0 bridgehead atoms. The van der Waals surface area contributed by atoms with E-state index in [1.807, 2.05) is 0 Å². The van der Waals surface area contributed by atoms with Gasteiger partial charge in [0.2, 0.25) is 0 Å². The fourth-order valence-electron chi connectivity index (χ4n) is 4.76. The van der Waals surface area contributed by atoms with Gasteiger partial charge in [-0.1, -0.05) is 6.08 Å². The minimum atomic E-state index is -4.41. The first-order chi connectivity index (χ1) is 14.8. The van der Waals surface area contributed by atoms with Crippen LogP contribution in [0.15, 0.2) is 36.4 Å². The molecule has 2 saturated carbocycles. The maximum Gasteiger partial charge on any atom is 0.416 e. The van der Waals surface area contributed by atoms with E-state index in [0.717, 1.165) is 63.5 Å². The van der Waals surface area contributed by atoms with Crippen LogP contribution in [0, 0.1) is 17.8 Å². The van der Waals surface area contributed by atoms with Crippen LogP contribution in [-0.2, 0) is 20.5 Å². The van der Waals surface area contributed by atoms with Crippen molar-refractivity contribution in [1.29, 1.82) is 0 Å². The summed E-state index contributed by atoms with van der Waals surface area (Å²) in [6, 6.07) is 4.22. The Bertz CT molecular complexity index is 769. The molecule has 0 aliphatic heterocycles. The number of carbonyl (C=O) groups is 2. The number of allylic oxidation sites excluding steroid dienone is 1. The van der Waals surface area contributed by atoms with Crippen molar-refractivity contribution in [3.63, 3.8) is 0 Å². The second-order valence-corrected chi connectivity index (χ2v) is 8.53. The molecule has 31 heavy (non-hydrogen) atoms. The lowest BCUT2D eigenvalue weighted by molar-refractivity contribution is -0.145. The van der Waals surface area contributed by atoms with Crippen LogP contribution in [0.3, 0.4) is 0 Å². The van der Waals surface area contributed by atoms with Gasteiger partial charge in [0, 0.05) is 6.08 Å². The largest absolute Gasteiger partial charge is 0.459 e. The highest BCUT2D eigenvalue weighted by molar-refractivity contribution is 5.81. The van der Waals surface area contributed by atoms with Crippen molar-refractivity contribution in [3.8, 4) is 5.75 Å². The summed E-state index contributed by atoms with van der Waals surface area (Å²) in [6.45, 7) is 1.79. The molecule has 0 heterocycles. The quantitative estimate of drug-likeness (QED) is 0.317. The van der Waals surface area contributed by atoms with Crippen LogP contribution in [0.1, 0.15) is 63.9 Å². The second kappa shape index (κ2) is 10.3. The van der Waals surface area contributed by atoms with Crippen LogP contribution >= 0.6 is 0 Å². The number of halogens is 3. The molecular weight excluding hydrogens is 409 g/mol. The first kappa shape index (κ1) is 23.4. The Hall–Kier alpha value is -2.31. The summed E-state index contributed by atoms with van der Waals surface area (Å²) in [5.74, 6) is 0.435. The van der Waals surface area contributed by atoms with E-state index < -0.39 is 11.7 Å². The third kappa shape index (κ3) is 6.58. The Morgan fingerprint density at radius 1 is 0.903 bits per heavy atom. The van der Waals surface area contributed by atoms with Gasteiger partial charge in [0.25, 0.3) is 0 Å². The van der Waals surface area contributed by atoms with Gasteiger partial charge in [-0.2, -0.15) is 13.2 Å². The molecule has 0 spiro atoms. The maximum absolute atomic E-state index is 12.6. The van der Waals surface area contributed by atoms with E-state index in [-0.39, 0.29) is 29.7 Å². The molecule has 2 aliphatic carbocycles. The molecule has 2 fully saturated rings. The normalized spacial score (nSPS) is 27.1. The molecule has 0 radical (unpaired) electrons. The Morgan fingerprint density at radius 3 is 1.97 bits per heavy atom. The SMILES string of the molecule is CC=CC(=O)O[C@H]1CC[C@H]([C@H]2CC[C@H](C(=O)Oc3ccc(C(F)(F)F)cc3)CC2)CC1. The Morgan fingerprint density at radius 2 is 1.45 bits per heavy atom. The van der Waals surface area contributed by atoms with E-state index in [4.69, 9.17) is 9.47 Å². The number of hydrogen-bond acceptors (Lipinski definition) is 4. The van der Waals surface area contributed by atoms with E-state index in [0.29, 0.717) is 11.8 Å². The van der Waals surface area contributed by atoms with E-state index in [2.05, 4.69) is 0 Å². The van der Waals surface area contributed by atoms with Gasteiger partial charge in [-0.05, 0) is 94.4 Å². The van der Waals surface area contributed by atoms with E-state index >= 15 is 0 Å². The minimum Gasteiger partial charge on any atom is -0.459 e. The fourth-order valence-corrected chi connectivity index (χ4v) is 4.76. The highest BCUT2D eigenvalue weighted by Gasteiger charge is 2.34. The molecule has 3 rings (SSSR count). The van der Waals surface area contributed by atoms with Crippen LogP contribution in [0.4, 0.5) is 13.2 Å². The zero-order valence-corrected chi connectivity index (χ0v) is 17.7.